The van der Waals surface area contributed by atoms with Crippen LogP contribution >= 0.6 is 0 Å². The quantitative estimate of drug-likeness (QED) is 0.684. The van der Waals surface area contributed by atoms with Gasteiger partial charge in [-0.2, -0.15) is 0 Å². The molecule has 1 N–H and O–H groups in total. The summed E-state index contributed by atoms with van der Waals surface area (Å²) in [6.45, 7) is 6.28. The van der Waals surface area contributed by atoms with Crippen LogP contribution in [0, 0.1) is 0 Å². The van der Waals surface area contributed by atoms with E-state index in [1.807, 2.05) is 29.2 Å². The zero-order chi connectivity index (χ0) is 19.6. The van der Waals surface area contributed by atoms with Gasteiger partial charge in [0.25, 0.3) is 5.91 Å². The lowest BCUT2D eigenvalue weighted by Crippen LogP contribution is -2.33. The molecule has 1 amide bonds. The molecule has 0 saturated heterocycles. The molecule has 0 aliphatic heterocycles. The van der Waals surface area contributed by atoms with Crippen molar-refractivity contribution >= 4 is 11.6 Å². The van der Waals surface area contributed by atoms with Gasteiger partial charge in [0.2, 0.25) is 0 Å². The number of anilines is 1. The number of hydrogen-bond acceptors (Lipinski definition) is 5. The van der Waals surface area contributed by atoms with E-state index in [9.17, 15) is 4.79 Å². The molecule has 2 aromatic rings. The van der Waals surface area contributed by atoms with E-state index in [1.165, 1.54) is 0 Å². The Morgan fingerprint density at radius 3 is 2.30 bits per heavy atom. The predicted molar refractivity (Wildman–Crippen MR) is 108 cm³/mol. The van der Waals surface area contributed by atoms with E-state index in [2.05, 4.69) is 24.1 Å². The first-order chi connectivity index (χ1) is 13.1. The van der Waals surface area contributed by atoms with Gasteiger partial charge in [-0.05, 0) is 42.7 Å². The molecule has 0 aliphatic rings. The third kappa shape index (κ3) is 5.61. The van der Waals surface area contributed by atoms with Gasteiger partial charge in [0.15, 0.2) is 11.5 Å². The summed E-state index contributed by atoms with van der Waals surface area (Å²) in [4.78, 5) is 18.8. The SMILES string of the molecule is CCCN(CCC)C(=O)c1ccc(NCc2ccc(OC)c(OC)c2)cn1. The minimum absolute atomic E-state index is 0.00913. The number of benzene rings is 1. The van der Waals surface area contributed by atoms with Crippen LogP contribution in [0.1, 0.15) is 42.7 Å². The highest BCUT2D eigenvalue weighted by molar-refractivity contribution is 5.92. The summed E-state index contributed by atoms with van der Waals surface area (Å²) in [6, 6.07) is 9.46. The van der Waals surface area contributed by atoms with E-state index in [0.29, 0.717) is 23.7 Å². The summed E-state index contributed by atoms with van der Waals surface area (Å²) in [7, 11) is 3.24. The number of aromatic nitrogens is 1. The predicted octanol–water partition coefficient (Wildman–Crippen LogP) is 3.97. The molecular formula is C21H29N3O3. The molecule has 0 spiro atoms. The number of rotatable bonds is 10. The minimum Gasteiger partial charge on any atom is -0.493 e. The molecule has 0 unspecified atom stereocenters. The van der Waals surface area contributed by atoms with Crippen molar-refractivity contribution in [2.75, 3.05) is 32.6 Å². The van der Waals surface area contributed by atoms with Gasteiger partial charge in [-0.25, -0.2) is 4.98 Å². The molecule has 1 aromatic heterocycles. The highest BCUT2D eigenvalue weighted by Gasteiger charge is 2.15. The van der Waals surface area contributed by atoms with Crippen LogP contribution in [0.25, 0.3) is 0 Å². The van der Waals surface area contributed by atoms with Gasteiger partial charge in [-0.15, -0.1) is 0 Å². The number of ether oxygens (including phenoxy) is 2. The summed E-state index contributed by atoms with van der Waals surface area (Å²) >= 11 is 0. The van der Waals surface area contributed by atoms with Crippen LogP contribution < -0.4 is 14.8 Å². The molecule has 0 fully saturated rings. The van der Waals surface area contributed by atoms with E-state index >= 15 is 0 Å². The van der Waals surface area contributed by atoms with Crippen LogP contribution in [0.5, 0.6) is 11.5 Å². The lowest BCUT2D eigenvalue weighted by atomic mass is 10.2. The van der Waals surface area contributed by atoms with Crippen molar-refractivity contribution in [3.8, 4) is 11.5 Å². The third-order valence-corrected chi connectivity index (χ3v) is 4.20. The Hall–Kier alpha value is -2.76. The highest BCUT2D eigenvalue weighted by atomic mass is 16.5. The minimum atomic E-state index is -0.00913. The van der Waals surface area contributed by atoms with Crippen molar-refractivity contribution in [1.82, 2.24) is 9.88 Å². The summed E-state index contributed by atoms with van der Waals surface area (Å²) < 4.78 is 10.6. The second-order valence-electron chi connectivity index (χ2n) is 6.27. The lowest BCUT2D eigenvalue weighted by Gasteiger charge is -2.21. The van der Waals surface area contributed by atoms with Crippen LogP contribution in [-0.4, -0.2) is 43.1 Å². The first-order valence-electron chi connectivity index (χ1n) is 9.33. The Balaban J connectivity index is 2.00. The van der Waals surface area contributed by atoms with Gasteiger partial charge in [0.05, 0.1) is 26.1 Å². The molecule has 0 saturated carbocycles. The second kappa shape index (κ2) is 10.4. The summed E-state index contributed by atoms with van der Waals surface area (Å²) in [6.07, 6.45) is 3.58. The lowest BCUT2D eigenvalue weighted by molar-refractivity contribution is 0.0749. The molecule has 0 aliphatic carbocycles. The maximum atomic E-state index is 12.6. The molecular weight excluding hydrogens is 342 g/mol. The fraction of sp³-hybridized carbons (Fsp3) is 0.429. The summed E-state index contributed by atoms with van der Waals surface area (Å²) in [5, 5.41) is 3.31. The standard InChI is InChI=1S/C21H29N3O3/c1-5-11-24(12-6-2)21(25)18-9-8-17(15-23-18)22-14-16-7-10-19(26-3)20(13-16)27-4/h7-10,13,15,22H,5-6,11-12,14H2,1-4H3. The molecule has 1 heterocycles. The monoisotopic (exact) mass is 371 g/mol. The van der Waals surface area contributed by atoms with Gasteiger partial charge in [-0.3, -0.25) is 4.79 Å². The van der Waals surface area contributed by atoms with Crippen LogP contribution in [0.4, 0.5) is 5.69 Å². The molecule has 146 valence electrons. The number of nitrogens with one attached hydrogen (secondary N) is 1. The van der Waals surface area contributed by atoms with Gasteiger partial charge in [-0.1, -0.05) is 19.9 Å². The topological polar surface area (TPSA) is 63.7 Å². The first kappa shape index (κ1) is 20.6. The zero-order valence-electron chi connectivity index (χ0n) is 16.6. The zero-order valence-corrected chi connectivity index (χ0v) is 16.6. The second-order valence-corrected chi connectivity index (χ2v) is 6.27. The normalized spacial score (nSPS) is 10.4. The van der Waals surface area contributed by atoms with E-state index in [0.717, 1.165) is 37.2 Å². The molecule has 0 bridgehead atoms. The number of pyridine rings is 1. The van der Waals surface area contributed by atoms with Crippen molar-refractivity contribution < 1.29 is 14.3 Å². The van der Waals surface area contributed by atoms with Crippen molar-refractivity contribution in [2.45, 2.75) is 33.2 Å². The molecule has 6 heteroatoms. The first-order valence-corrected chi connectivity index (χ1v) is 9.33. The molecule has 1 aromatic carbocycles. The Morgan fingerprint density at radius 2 is 1.74 bits per heavy atom. The third-order valence-electron chi connectivity index (χ3n) is 4.20. The van der Waals surface area contributed by atoms with Gasteiger partial charge < -0.3 is 19.7 Å². The fourth-order valence-electron chi connectivity index (χ4n) is 2.84. The Kier molecular flexibility index (Phi) is 7.92. The summed E-state index contributed by atoms with van der Waals surface area (Å²) in [5.41, 5.74) is 2.40. The number of carbonyl (C=O) groups is 1. The van der Waals surface area contributed by atoms with Crippen molar-refractivity contribution in [3.63, 3.8) is 0 Å². The number of hydrogen-bond donors (Lipinski definition) is 1. The molecule has 0 radical (unpaired) electrons. The molecule has 27 heavy (non-hydrogen) atoms. The van der Waals surface area contributed by atoms with Crippen LogP contribution in [0.15, 0.2) is 36.5 Å². The van der Waals surface area contributed by atoms with E-state index < -0.39 is 0 Å². The molecule has 2 rings (SSSR count). The smallest absolute Gasteiger partial charge is 0.272 e. The van der Waals surface area contributed by atoms with E-state index in [1.54, 1.807) is 26.5 Å². The van der Waals surface area contributed by atoms with Crippen LogP contribution in [0.3, 0.4) is 0 Å². The average Bonchev–Trinajstić information content (AvgIpc) is 2.71. The Morgan fingerprint density at radius 1 is 1.04 bits per heavy atom. The fourth-order valence-corrected chi connectivity index (χ4v) is 2.84. The van der Waals surface area contributed by atoms with E-state index in [4.69, 9.17) is 9.47 Å². The van der Waals surface area contributed by atoms with Crippen LogP contribution in [0.2, 0.25) is 0 Å². The van der Waals surface area contributed by atoms with Gasteiger partial charge in [0, 0.05) is 19.6 Å². The number of methoxy groups -OCH3 is 2. The number of nitrogens with zero attached hydrogens (tertiary/aromatic N) is 2. The van der Waals surface area contributed by atoms with Gasteiger partial charge in [0.1, 0.15) is 5.69 Å². The maximum Gasteiger partial charge on any atom is 0.272 e. The Labute approximate surface area is 161 Å². The summed E-state index contributed by atoms with van der Waals surface area (Å²) in [5.74, 6) is 1.39. The van der Waals surface area contributed by atoms with Gasteiger partial charge >= 0.3 is 0 Å². The molecule has 0 atom stereocenters. The average molecular weight is 371 g/mol. The van der Waals surface area contributed by atoms with Crippen molar-refractivity contribution in [3.05, 3.63) is 47.8 Å². The largest absolute Gasteiger partial charge is 0.493 e. The Bertz CT molecular complexity index is 726. The van der Waals surface area contributed by atoms with Crippen LogP contribution in [-0.2, 0) is 6.54 Å². The number of amides is 1. The van der Waals surface area contributed by atoms with Crippen molar-refractivity contribution in [1.29, 1.82) is 0 Å². The number of carbonyl (C=O) groups excluding carboxylic acids is 1. The van der Waals surface area contributed by atoms with Crippen molar-refractivity contribution in [2.24, 2.45) is 0 Å². The van der Waals surface area contributed by atoms with E-state index in [-0.39, 0.29) is 5.91 Å². The maximum absolute atomic E-state index is 12.6. The molecule has 6 nitrogen and oxygen atoms in total. The highest BCUT2D eigenvalue weighted by Crippen LogP contribution is 2.27.